The molecular weight excluding hydrogens is 553 g/mol. The van der Waals surface area contributed by atoms with E-state index in [0.29, 0.717) is 6.92 Å². The van der Waals surface area contributed by atoms with Crippen LogP contribution in [-0.2, 0) is 20.0 Å². The van der Waals surface area contributed by atoms with Crippen molar-refractivity contribution in [3.63, 3.8) is 0 Å². The molecule has 0 aliphatic rings. The molecule has 0 aliphatic carbocycles. The molecule has 0 aromatic heterocycles. The SMILES string of the molecule is C.C.CC(F)(F)C(F)(F)OCC(F)(OC(F)(F)CF)C(F)(F)F.CC(F)(F)CF.O=S(=O)([O-])F.[H+]. The Morgan fingerprint density at radius 2 is 1.09 bits per heavy atom. The lowest BCUT2D eigenvalue weighted by molar-refractivity contribution is -0.441. The average molecular weight is 574 g/mol. The van der Waals surface area contributed by atoms with Gasteiger partial charge in [-0.3, -0.25) is 4.74 Å². The minimum atomic E-state index is -6.38. The molecule has 0 saturated heterocycles. The predicted molar refractivity (Wildman–Crippen MR) is 85.4 cm³/mol. The third-order valence-electron chi connectivity index (χ3n) is 2.07. The predicted octanol–water partition coefficient (Wildman–Crippen LogP) is 6.47. The normalized spacial score (nSPS) is 14.8. The molecule has 214 valence electrons. The van der Waals surface area contributed by atoms with Gasteiger partial charge in [-0.05, 0) is 0 Å². The van der Waals surface area contributed by atoms with Crippen LogP contribution in [0.2, 0.25) is 0 Å². The van der Waals surface area contributed by atoms with Gasteiger partial charge in [-0.15, -0.1) is 3.89 Å². The molecule has 0 rings (SSSR count). The van der Waals surface area contributed by atoms with Crippen LogP contribution in [-0.4, -0.2) is 69.0 Å². The van der Waals surface area contributed by atoms with Crippen LogP contribution in [0.3, 0.4) is 0 Å². The van der Waals surface area contributed by atoms with Crippen LogP contribution in [0.25, 0.3) is 0 Å². The summed E-state index contributed by atoms with van der Waals surface area (Å²) < 4.78 is 209. The van der Waals surface area contributed by atoms with Gasteiger partial charge in [0.1, 0.15) is 6.61 Å². The van der Waals surface area contributed by atoms with Crippen LogP contribution < -0.4 is 0 Å². The fourth-order valence-electron chi connectivity index (χ4n) is 0.743. The largest absolute Gasteiger partial charge is 1.00 e. The third kappa shape index (κ3) is 21.3. The van der Waals surface area contributed by atoms with Gasteiger partial charge in [-0.2, -0.15) is 43.9 Å². The number of hydrogen-bond acceptors (Lipinski definition) is 5. The summed E-state index contributed by atoms with van der Waals surface area (Å²) in [7, 11) is -5.42. The lowest BCUT2D eigenvalue weighted by Crippen LogP contribution is -2.54. The summed E-state index contributed by atoms with van der Waals surface area (Å²) >= 11 is 0. The lowest BCUT2D eigenvalue weighted by Gasteiger charge is -2.32. The summed E-state index contributed by atoms with van der Waals surface area (Å²) in [5.74, 6) is -13.8. The molecule has 1 atom stereocenters. The second-order valence-corrected chi connectivity index (χ2v) is 6.18. The molecule has 0 aliphatic heterocycles. The van der Waals surface area contributed by atoms with Crippen molar-refractivity contribution in [1.29, 1.82) is 0 Å². The summed E-state index contributed by atoms with van der Waals surface area (Å²) in [6.07, 6.45) is -17.3. The molecule has 0 spiro atoms. The first-order valence-corrected chi connectivity index (χ1v) is 8.23. The van der Waals surface area contributed by atoms with Gasteiger partial charge in [0.25, 0.3) is 16.4 Å². The van der Waals surface area contributed by atoms with Gasteiger partial charge in [0, 0.05) is 13.8 Å². The molecule has 0 aromatic carbocycles. The first-order valence-electron chi connectivity index (χ1n) is 6.92. The zero-order valence-electron chi connectivity index (χ0n) is 16.2. The highest BCUT2D eigenvalue weighted by Gasteiger charge is 2.65. The zero-order valence-corrected chi connectivity index (χ0v) is 16.1. The molecule has 5 nitrogen and oxygen atoms in total. The van der Waals surface area contributed by atoms with E-state index < -0.39 is 73.5 Å². The molecule has 21 heteroatoms. The van der Waals surface area contributed by atoms with Crippen molar-refractivity contribution in [3.05, 3.63) is 0 Å². The first-order chi connectivity index (χ1) is 13.5. The van der Waals surface area contributed by atoms with E-state index in [2.05, 4.69) is 9.47 Å². The van der Waals surface area contributed by atoms with E-state index >= 15 is 0 Å². The Balaban J connectivity index is -0.000000126. The third-order valence-corrected chi connectivity index (χ3v) is 2.07. The van der Waals surface area contributed by atoms with Crippen molar-refractivity contribution in [2.75, 3.05) is 20.0 Å². The second-order valence-electron chi connectivity index (χ2n) is 5.39. The van der Waals surface area contributed by atoms with Gasteiger partial charge in [-0.25, -0.2) is 26.0 Å². The van der Waals surface area contributed by atoms with Crippen molar-refractivity contribution in [1.82, 2.24) is 0 Å². The highest BCUT2D eigenvalue weighted by Crippen LogP contribution is 2.42. The number of hydrogen-bond donors (Lipinski definition) is 0. The summed E-state index contributed by atoms with van der Waals surface area (Å²) in [6.45, 7) is -7.49. The van der Waals surface area contributed by atoms with E-state index in [0.717, 1.165) is 0 Å². The van der Waals surface area contributed by atoms with E-state index in [1.807, 2.05) is 0 Å². The summed E-state index contributed by atoms with van der Waals surface area (Å²) in [6, 6.07) is 0. The molecule has 1 unspecified atom stereocenters. The van der Waals surface area contributed by atoms with E-state index in [1.54, 1.807) is 0 Å². The maximum Gasteiger partial charge on any atom is 1.00 e. The summed E-state index contributed by atoms with van der Waals surface area (Å²) in [5, 5.41) is 0. The summed E-state index contributed by atoms with van der Waals surface area (Å²) in [5.41, 5.74) is 0. The fraction of sp³-hybridized carbons (Fsp3) is 1.00. The van der Waals surface area contributed by atoms with Gasteiger partial charge < -0.3 is 9.29 Å². The van der Waals surface area contributed by atoms with Crippen LogP contribution in [0.4, 0.5) is 65.4 Å². The molecule has 0 fully saturated rings. The quantitative estimate of drug-likeness (QED) is 0.189. The van der Waals surface area contributed by atoms with E-state index in [9.17, 15) is 65.4 Å². The van der Waals surface area contributed by atoms with Gasteiger partial charge >= 0.3 is 31.6 Å². The van der Waals surface area contributed by atoms with Gasteiger partial charge in [0.15, 0.2) is 13.3 Å². The molecule has 0 N–H and O–H groups in total. The lowest BCUT2D eigenvalue weighted by atomic mass is 10.3. The minimum Gasteiger partial charge on any atom is -0.722 e. The van der Waals surface area contributed by atoms with Crippen molar-refractivity contribution >= 4 is 10.5 Å². The van der Waals surface area contributed by atoms with Crippen LogP contribution in [0.5, 0.6) is 0 Å². The summed E-state index contributed by atoms with van der Waals surface area (Å²) in [4.78, 5) is 0. The Morgan fingerprint density at radius 3 is 1.26 bits per heavy atom. The van der Waals surface area contributed by atoms with Crippen molar-refractivity contribution in [2.24, 2.45) is 0 Å². The van der Waals surface area contributed by atoms with Crippen LogP contribution in [0.1, 0.15) is 30.1 Å². The van der Waals surface area contributed by atoms with Gasteiger partial charge in [0.2, 0.25) is 0 Å². The standard InChI is InChI=1S/C8H7F11O2.C3H5F3.2CH4.FHO3S/c1-4(10,11)8(18,19)20-3-5(12,7(15,16)17)21-6(13,14)2-9;1-3(5,6)2-4;;;1-5(2,3)4/h2-3H2,1H3;2H2,1H3;2*1H4;(H,2,3,4). The number of ether oxygens (including phenoxy) is 2. The minimum absolute atomic E-state index is 0. The monoisotopic (exact) mass is 574 g/mol. The van der Waals surface area contributed by atoms with Crippen molar-refractivity contribution in [3.8, 4) is 0 Å². The Labute approximate surface area is 185 Å². The maximum atomic E-state index is 13.2. The van der Waals surface area contributed by atoms with Crippen LogP contribution in [0.15, 0.2) is 0 Å². The molecule has 0 saturated carbocycles. The Bertz CT molecular complexity index is 641. The molecule has 0 bridgehead atoms. The smallest absolute Gasteiger partial charge is 0.722 e. The highest BCUT2D eigenvalue weighted by molar-refractivity contribution is 7.80. The van der Waals surface area contributed by atoms with Crippen molar-refractivity contribution in [2.45, 2.75) is 64.8 Å². The Morgan fingerprint density at radius 1 is 0.794 bits per heavy atom. The maximum absolute atomic E-state index is 13.2. The molecule has 0 amide bonds. The van der Waals surface area contributed by atoms with E-state index in [-0.39, 0.29) is 16.3 Å². The van der Waals surface area contributed by atoms with Crippen LogP contribution >= 0.6 is 0 Å². The molecule has 0 aromatic rings. The Kier molecular flexibility index (Phi) is 18.1. The molecule has 0 heterocycles. The molecule has 0 radical (unpaired) electrons. The average Bonchev–Trinajstić information content (AvgIpc) is 2.49. The van der Waals surface area contributed by atoms with Crippen molar-refractivity contribution < 1.29 is 89.2 Å². The van der Waals surface area contributed by atoms with E-state index in [1.165, 1.54) is 0 Å². The first kappa shape index (κ1) is 42.9. The van der Waals surface area contributed by atoms with E-state index in [4.69, 9.17) is 13.0 Å². The zero-order chi connectivity index (χ0) is 27.0. The highest BCUT2D eigenvalue weighted by atomic mass is 32.3. The van der Waals surface area contributed by atoms with Crippen LogP contribution in [0, 0.1) is 0 Å². The second kappa shape index (κ2) is 14.4. The number of rotatable bonds is 8. The molecule has 34 heavy (non-hydrogen) atoms. The topological polar surface area (TPSA) is 75.7 Å². The molecular formula is C13H21F15O5S. The fourth-order valence-corrected chi connectivity index (χ4v) is 0.743. The number of alkyl halides is 14. The van der Waals surface area contributed by atoms with Gasteiger partial charge in [-0.1, -0.05) is 14.9 Å². The Hall–Kier alpha value is -1.22. The number of halogens is 15. The van der Waals surface area contributed by atoms with Gasteiger partial charge in [0.05, 0.1) is 0 Å².